The molecule has 1 aromatic rings. The Balaban J connectivity index is 1.74. The number of amides is 1. The van der Waals surface area contributed by atoms with E-state index in [9.17, 15) is 4.79 Å². The Hall–Kier alpha value is -1.81. The molecular formula is C19H26N2O2. The first-order valence-corrected chi connectivity index (χ1v) is 8.43. The number of carbonyl (C=O) groups is 1. The van der Waals surface area contributed by atoms with Crippen LogP contribution in [0.25, 0.3) is 5.57 Å². The van der Waals surface area contributed by atoms with Crippen molar-refractivity contribution < 1.29 is 9.53 Å². The zero-order valence-electron chi connectivity index (χ0n) is 14.3. The zero-order valence-corrected chi connectivity index (χ0v) is 14.3. The van der Waals surface area contributed by atoms with Gasteiger partial charge >= 0.3 is 6.09 Å². The van der Waals surface area contributed by atoms with Crippen LogP contribution in [0.3, 0.4) is 0 Å². The first-order valence-electron chi connectivity index (χ1n) is 8.43. The molecule has 0 saturated heterocycles. The molecule has 3 rings (SSSR count). The smallest absolute Gasteiger partial charge is 0.410 e. The fourth-order valence-electron chi connectivity index (χ4n) is 3.24. The van der Waals surface area contributed by atoms with Crippen molar-refractivity contribution in [3.05, 3.63) is 41.0 Å². The minimum Gasteiger partial charge on any atom is -0.444 e. The number of nitrogens with one attached hydrogen (secondary N) is 1. The van der Waals surface area contributed by atoms with E-state index in [1.54, 1.807) is 4.90 Å². The highest BCUT2D eigenvalue weighted by Crippen LogP contribution is 2.29. The molecule has 0 saturated carbocycles. The molecule has 0 aliphatic carbocycles. The van der Waals surface area contributed by atoms with Crippen LogP contribution in [-0.4, -0.2) is 36.2 Å². The highest BCUT2D eigenvalue weighted by atomic mass is 16.6. The van der Waals surface area contributed by atoms with E-state index in [0.29, 0.717) is 6.54 Å². The molecule has 4 nitrogen and oxygen atoms in total. The van der Waals surface area contributed by atoms with Gasteiger partial charge in [0, 0.05) is 19.6 Å². The van der Waals surface area contributed by atoms with Crippen molar-refractivity contribution in [1.29, 1.82) is 0 Å². The number of carbonyl (C=O) groups excluding carboxylic acids is 1. The summed E-state index contributed by atoms with van der Waals surface area (Å²) in [7, 11) is 0. The predicted octanol–water partition coefficient (Wildman–Crippen LogP) is 3.36. The zero-order chi connectivity index (χ0) is 16.4. The summed E-state index contributed by atoms with van der Waals surface area (Å²) in [6.07, 6.45) is 3.94. The number of hydrogen-bond donors (Lipinski definition) is 1. The Morgan fingerprint density at radius 3 is 2.78 bits per heavy atom. The van der Waals surface area contributed by atoms with E-state index in [4.69, 9.17) is 4.74 Å². The third kappa shape index (κ3) is 3.75. The van der Waals surface area contributed by atoms with Crippen molar-refractivity contribution in [1.82, 2.24) is 10.2 Å². The van der Waals surface area contributed by atoms with Crippen LogP contribution < -0.4 is 5.32 Å². The van der Waals surface area contributed by atoms with Gasteiger partial charge in [-0.25, -0.2) is 4.79 Å². The normalized spacial score (nSPS) is 18.2. The van der Waals surface area contributed by atoms with Gasteiger partial charge in [-0.3, -0.25) is 0 Å². The summed E-state index contributed by atoms with van der Waals surface area (Å²) in [5.41, 5.74) is 5.18. The lowest BCUT2D eigenvalue weighted by Crippen LogP contribution is -2.39. The van der Waals surface area contributed by atoms with Crippen LogP contribution in [0.1, 0.15) is 43.9 Å². The quantitative estimate of drug-likeness (QED) is 0.864. The van der Waals surface area contributed by atoms with Gasteiger partial charge in [-0.15, -0.1) is 0 Å². The Morgan fingerprint density at radius 1 is 1.26 bits per heavy atom. The van der Waals surface area contributed by atoms with Gasteiger partial charge < -0.3 is 15.0 Å². The molecule has 0 aromatic heterocycles. The van der Waals surface area contributed by atoms with E-state index in [2.05, 4.69) is 29.6 Å². The number of fused-ring (bicyclic) bond motifs is 1. The van der Waals surface area contributed by atoms with Crippen molar-refractivity contribution in [2.24, 2.45) is 0 Å². The highest BCUT2D eigenvalue weighted by Gasteiger charge is 2.24. The molecule has 23 heavy (non-hydrogen) atoms. The molecule has 1 amide bonds. The minimum absolute atomic E-state index is 0.216. The van der Waals surface area contributed by atoms with Gasteiger partial charge in [0.2, 0.25) is 0 Å². The summed E-state index contributed by atoms with van der Waals surface area (Å²) >= 11 is 0. The van der Waals surface area contributed by atoms with Crippen molar-refractivity contribution in [3.8, 4) is 0 Å². The van der Waals surface area contributed by atoms with Crippen LogP contribution in [0.2, 0.25) is 0 Å². The second-order valence-electron chi connectivity index (χ2n) is 7.28. The summed E-state index contributed by atoms with van der Waals surface area (Å²) < 4.78 is 5.46. The average Bonchev–Trinajstić information content (AvgIpc) is 2.53. The number of rotatable bonds is 1. The molecule has 0 fully saturated rings. The van der Waals surface area contributed by atoms with Crippen LogP contribution in [0.5, 0.6) is 0 Å². The first-order chi connectivity index (χ1) is 10.9. The lowest BCUT2D eigenvalue weighted by Gasteiger charge is -2.30. The second kappa shape index (κ2) is 6.36. The van der Waals surface area contributed by atoms with Crippen LogP contribution in [0.15, 0.2) is 24.3 Å². The van der Waals surface area contributed by atoms with E-state index in [1.807, 2.05) is 20.8 Å². The maximum atomic E-state index is 12.2. The average molecular weight is 314 g/mol. The molecule has 0 spiro atoms. The van der Waals surface area contributed by atoms with E-state index in [1.165, 1.54) is 22.3 Å². The van der Waals surface area contributed by atoms with Crippen molar-refractivity contribution >= 4 is 11.7 Å². The maximum Gasteiger partial charge on any atom is 0.410 e. The van der Waals surface area contributed by atoms with Gasteiger partial charge in [0.25, 0.3) is 0 Å². The maximum absolute atomic E-state index is 12.2. The monoisotopic (exact) mass is 314 g/mol. The number of ether oxygens (including phenoxy) is 1. The predicted molar refractivity (Wildman–Crippen MR) is 92.3 cm³/mol. The molecule has 124 valence electrons. The van der Waals surface area contributed by atoms with Gasteiger partial charge in [0.1, 0.15) is 5.60 Å². The standard InChI is InChI=1S/C19H26N2O2/c1-19(2,3)23-18(22)21-11-8-14(9-12-21)16-6-4-5-15-13-20-10-7-17(15)16/h4-6,8,20H,7,9-13H2,1-3H3. The first kappa shape index (κ1) is 16.1. The highest BCUT2D eigenvalue weighted by molar-refractivity contribution is 5.74. The SMILES string of the molecule is CC(C)(C)OC(=O)N1CC=C(c2cccc3c2CCNC3)CC1. The molecular weight excluding hydrogens is 288 g/mol. The van der Waals surface area contributed by atoms with Gasteiger partial charge in [-0.1, -0.05) is 24.3 Å². The van der Waals surface area contributed by atoms with Gasteiger partial charge in [-0.2, -0.15) is 0 Å². The van der Waals surface area contributed by atoms with Crippen LogP contribution in [-0.2, 0) is 17.7 Å². The minimum atomic E-state index is -0.438. The van der Waals surface area contributed by atoms with E-state index >= 15 is 0 Å². The molecule has 0 radical (unpaired) electrons. The Morgan fingerprint density at radius 2 is 2.09 bits per heavy atom. The number of benzene rings is 1. The molecule has 4 heteroatoms. The summed E-state index contributed by atoms with van der Waals surface area (Å²) in [5, 5.41) is 3.43. The number of hydrogen-bond acceptors (Lipinski definition) is 3. The van der Waals surface area contributed by atoms with E-state index < -0.39 is 5.60 Å². The summed E-state index contributed by atoms with van der Waals surface area (Å²) in [6, 6.07) is 6.57. The van der Waals surface area contributed by atoms with Crippen LogP contribution in [0, 0.1) is 0 Å². The van der Waals surface area contributed by atoms with Gasteiger partial charge in [0.05, 0.1) is 0 Å². The third-order valence-corrected chi connectivity index (χ3v) is 4.35. The van der Waals surface area contributed by atoms with Crippen LogP contribution >= 0.6 is 0 Å². The largest absolute Gasteiger partial charge is 0.444 e. The lowest BCUT2D eigenvalue weighted by molar-refractivity contribution is 0.0270. The number of nitrogens with zero attached hydrogens (tertiary/aromatic N) is 1. The van der Waals surface area contributed by atoms with Crippen molar-refractivity contribution in [3.63, 3.8) is 0 Å². The lowest BCUT2D eigenvalue weighted by atomic mass is 9.89. The summed E-state index contributed by atoms with van der Waals surface area (Å²) in [6.45, 7) is 9.07. The summed E-state index contributed by atoms with van der Waals surface area (Å²) in [5.74, 6) is 0. The molecule has 1 aromatic carbocycles. The van der Waals surface area contributed by atoms with Crippen molar-refractivity contribution in [2.75, 3.05) is 19.6 Å². The second-order valence-corrected chi connectivity index (χ2v) is 7.28. The summed E-state index contributed by atoms with van der Waals surface area (Å²) in [4.78, 5) is 13.9. The molecule has 0 bridgehead atoms. The van der Waals surface area contributed by atoms with Gasteiger partial charge in [0.15, 0.2) is 0 Å². The Kier molecular flexibility index (Phi) is 4.44. The third-order valence-electron chi connectivity index (χ3n) is 4.35. The fraction of sp³-hybridized carbons (Fsp3) is 0.526. The Labute approximate surface area is 138 Å². The fourth-order valence-corrected chi connectivity index (χ4v) is 3.24. The van der Waals surface area contributed by atoms with Crippen molar-refractivity contribution in [2.45, 2.75) is 45.8 Å². The molecule has 0 unspecified atom stereocenters. The molecule has 2 aliphatic heterocycles. The van der Waals surface area contributed by atoms with Crippen LogP contribution in [0.4, 0.5) is 4.79 Å². The molecule has 0 atom stereocenters. The topological polar surface area (TPSA) is 41.6 Å². The molecule has 2 heterocycles. The molecule has 1 N–H and O–H groups in total. The van der Waals surface area contributed by atoms with E-state index in [-0.39, 0.29) is 6.09 Å². The Bertz CT molecular complexity index is 629. The van der Waals surface area contributed by atoms with Gasteiger partial charge in [-0.05, 0) is 62.4 Å². The molecule has 2 aliphatic rings. The van der Waals surface area contributed by atoms with E-state index in [0.717, 1.165) is 32.5 Å².